The summed E-state index contributed by atoms with van der Waals surface area (Å²) in [5.74, 6) is 0.127. The number of carbonyl (C=O) groups is 2. The molecule has 0 saturated carbocycles. The molecule has 5 nitrogen and oxygen atoms in total. The summed E-state index contributed by atoms with van der Waals surface area (Å²) in [5.41, 5.74) is 3.68. The van der Waals surface area contributed by atoms with Gasteiger partial charge in [-0.2, -0.15) is 0 Å². The molecule has 0 aliphatic rings. The van der Waals surface area contributed by atoms with Crippen molar-refractivity contribution in [2.24, 2.45) is 0 Å². The Morgan fingerprint density at radius 3 is 2.06 bits per heavy atom. The van der Waals surface area contributed by atoms with Crippen LogP contribution in [0, 0.1) is 0 Å². The Balaban J connectivity index is 1.34. The van der Waals surface area contributed by atoms with E-state index in [9.17, 15) is 9.59 Å². The average molecular weight is 543 g/mol. The lowest BCUT2D eigenvalue weighted by molar-refractivity contribution is 0.0955. The SMILES string of the molecule is O=C(Nc1ccccc1C(=O)NCCc1ccccc1)c1ccc(OCCc2ccccc2)c(Br)c1. The maximum atomic E-state index is 12.9. The second kappa shape index (κ2) is 12.7. The number of anilines is 1. The number of hydrogen-bond acceptors (Lipinski definition) is 3. The summed E-state index contributed by atoms with van der Waals surface area (Å²) in [6.07, 6.45) is 1.52. The third-order valence-corrected chi connectivity index (χ3v) is 6.27. The van der Waals surface area contributed by atoms with E-state index in [1.807, 2.05) is 48.5 Å². The standard InChI is InChI=1S/C30H27BrN2O3/c31-26-21-24(15-16-28(26)36-20-18-23-11-5-2-6-12-23)29(34)33-27-14-8-7-13-25(27)30(35)32-19-17-22-9-3-1-4-10-22/h1-16,21H,17-20H2,(H,32,35)(H,33,34). The minimum absolute atomic E-state index is 0.231. The van der Waals surface area contributed by atoms with Gasteiger partial charge in [-0.25, -0.2) is 0 Å². The first-order valence-corrected chi connectivity index (χ1v) is 12.6. The van der Waals surface area contributed by atoms with Crippen molar-refractivity contribution < 1.29 is 14.3 Å². The quantitative estimate of drug-likeness (QED) is 0.247. The van der Waals surface area contributed by atoms with Crippen LogP contribution in [0.25, 0.3) is 0 Å². The molecule has 0 saturated heterocycles. The molecule has 0 atom stereocenters. The predicted octanol–water partition coefficient (Wildman–Crippen LogP) is 6.30. The fourth-order valence-electron chi connectivity index (χ4n) is 3.73. The number of rotatable bonds is 10. The van der Waals surface area contributed by atoms with Crippen molar-refractivity contribution in [2.75, 3.05) is 18.5 Å². The second-order valence-corrected chi connectivity index (χ2v) is 9.07. The zero-order valence-corrected chi connectivity index (χ0v) is 21.3. The summed E-state index contributed by atoms with van der Waals surface area (Å²) >= 11 is 3.50. The molecule has 4 aromatic carbocycles. The number of para-hydroxylation sites is 1. The maximum Gasteiger partial charge on any atom is 0.255 e. The molecule has 2 amide bonds. The van der Waals surface area contributed by atoms with Crippen LogP contribution in [-0.4, -0.2) is 25.0 Å². The van der Waals surface area contributed by atoms with Crippen LogP contribution in [0.1, 0.15) is 31.8 Å². The van der Waals surface area contributed by atoms with Gasteiger partial charge in [-0.1, -0.05) is 72.8 Å². The Morgan fingerprint density at radius 2 is 1.36 bits per heavy atom. The van der Waals surface area contributed by atoms with Crippen LogP contribution in [0.15, 0.2) is 108 Å². The van der Waals surface area contributed by atoms with Crippen LogP contribution in [0.5, 0.6) is 5.75 Å². The van der Waals surface area contributed by atoms with E-state index in [-0.39, 0.29) is 11.8 Å². The van der Waals surface area contributed by atoms with Gasteiger partial charge in [0.1, 0.15) is 5.75 Å². The molecular weight excluding hydrogens is 516 g/mol. The molecular formula is C30H27BrN2O3. The smallest absolute Gasteiger partial charge is 0.255 e. The van der Waals surface area contributed by atoms with E-state index in [4.69, 9.17) is 4.74 Å². The maximum absolute atomic E-state index is 12.9. The van der Waals surface area contributed by atoms with E-state index in [0.717, 1.165) is 18.4 Å². The van der Waals surface area contributed by atoms with Gasteiger partial charge in [-0.15, -0.1) is 0 Å². The Labute approximate surface area is 219 Å². The lowest BCUT2D eigenvalue weighted by atomic mass is 10.1. The number of carbonyl (C=O) groups excluding carboxylic acids is 2. The number of hydrogen-bond donors (Lipinski definition) is 2. The third-order valence-electron chi connectivity index (χ3n) is 5.65. The molecule has 0 heterocycles. The average Bonchev–Trinajstić information content (AvgIpc) is 2.91. The molecule has 182 valence electrons. The molecule has 0 fully saturated rings. The number of benzene rings is 4. The van der Waals surface area contributed by atoms with E-state index < -0.39 is 0 Å². The van der Waals surface area contributed by atoms with Crippen LogP contribution in [-0.2, 0) is 12.8 Å². The van der Waals surface area contributed by atoms with Crippen molar-refractivity contribution in [3.8, 4) is 5.75 Å². The highest BCUT2D eigenvalue weighted by molar-refractivity contribution is 9.10. The highest BCUT2D eigenvalue weighted by atomic mass is 79.9. The zero-order valence-electron chi connectivity index (χ0n) is 19.7. The molecule has 2 N–H and O–H groups in total. The second-order valence-electron chi connectivity index (χ2n) is 8.22. The fourth-order valence-corrected chi connectivity index (χ4v) is 4.22. The van der Waals surface area contributed by atoms with Crippen LogP contribution in [0.4, 0.5) is 5.69 Å². The molecule has 0 bridgehead atoms. The van der Waals surface area contributed by atoms with Gasteiger partial charge in [0, 0.05) is 18.5 Å². The van der Waals surface area contributed by atoms with Crippen LogP contribution in [0.2, 0.25) is 0 Å². The van der Waals surface area contributed by atoms with Crippen molar-refractivity contribution >= 4 is 33.4 Å². The minimum Gasteiger partial charge on any atom is -0.492 e. The lowest BCUT2D eigenvalue weighted by Crippen LogP contribution is -2.27. The first-order chi connectivity index (χ1) is 17.6. The molecule has 0 unspecified atom stereocenters. The molecule has 6 heteroatoms. The first-order valence-electron chi connectivity index (χ1n) is 11.8. The Bertz CT molecular complexity index is 1310. The highest BCUT2D eigenvalue weighted by Gasteiger charge is 2.15. The zero-order chi connectivity index (χ0) is 25.2. The minimum atomic E-state index is -0.309. The highest BCUT2D eigenvalue weighted by Crippen LogP contribution is 2.27. The molecule has 0 radical (unpaired) electrons. The molecule has 36 heavy (non-hydrogen) atoms. The lowest BCUT2D eigenvalue weighted by Gasteiger charge is -2.13. The van der Waals surface area contributed by atoms with Gasteiger partial charge >= 0.3 is 0 Å². The van der Waals surface area contributed by atoms with Gasteiger partial charge in [0.25, 0.3) is 11.8 Å². The Morgan fingerprint density at radius 1 is 0.722 bits per heavy atom. The van der Waals surface area contributed by atoms with E-state index in [1.165, 1.54) is 5.56 Å². The van der Waals surface area contributed by atoms with E-state index >= 15 is 0 Å². The molecule has 0 aromatic heterocycles. The van der Waals surface area contributed by atoms with Gasteiger partial charge in [0.15, 0.2) is 0 Å². The number of amides is 2. The van der Waals surface area contributed by atoms with Crippen LogP contribution < -0.4 is 15.4 Å². The van der Waals surface area contributed by atoms with Crippen molar-refractivity contribution in [2.45, 2.75) is 12.8 Å². The normalized spacial score (nSPS) is 10.5. The van der Waals surface area contributed by atoms with Gasteiger partial charge in [0.05, 0.1) is 22.3 Å². The molecule has 4 aromatic rings. The van der Waals surface area contributed by atoms with Gasteiger partial charge in [0.2, 0.25) is 0 Å². The topological polar surface area (TPSA) is 67.4 Å². The Hall–Kier alpha value is -3.90. The summed E-state index contributed by atoms with van der Waals surface area (Å²) in [4.78, 5) is 25.7. The van der Waals surface area contributed by atoms with E-state index in [0.29, 0.717) is 40.2 Å². The number of halogens is 1. The first kappa shape index (κ1) is 25.2. The van der Waals surface area contributed by atoms with Gasteiger partial charge in [-0.05, 0) is 63.8 Å². The Kier molecular flexibility index (Phi) is 8.89. The monoisotopic (exact) mass is 542 g/mol. The molecule has 0 aliphatic heterocycles. The summed E-state index contributed by atoms with van der Waals surface area (Å²) in [6.45, 7) is 1.03. The van der Waals surface area contributed by atoms with Gasteiger partial charge < -0.3 is 15.4 Å². The molecule has 0 spiro atoms. The van der Waals surface area contributed by atoms with E-state index in [2.05, 4.69) is 38.7 Å². The van der Waals surface area contributed by atoms with Gasteiger partial charge in [-0.3, -0.25) is 9.59 Å². The summed E-state index contributed by atoms with van der Waals surface area (Å²) in [5, 5.41) is 5.80. The van der Waals surface area contributed by atoms with Crippen LogP contribution in [0.3, 0.4) is 0 Å². The summed E-state index contributed by atoms with van der Waals surface area (Å²) < 4.78 is 6.57. The molecule has 0 aliphatic carbocycles. The number of nitrogens with one attached hydrogen (secondary N) is 2. The third kappa shape index (κ3) is 7.06. The van der Waals surface area contributed by atoms with Crippen molar-refractivity contribution in [1.82, 2.24) is 5.32 Å². The van der Waals surface area contributed by atoms with Crippen molar-refractivity contribution in [3.05, 3.63) is 130 Å². The van der Waals surface area contributed by atoms with E-state index in [1.54, 1.807) is 42.5 Å². The molecule has 4 rings (SSSR count). The van der Waals surface area contributed by atoms with Crippen LogP contribution >= 0.6 is 15.9 Å². The largest absolute Gasteiger partial charge is 0.492 e. The van der Waals surface area contributed by atoms with Crippen molar-refractivity contribution in [1.29, 1.82) is 0 Å². The predicted molar refractivity (Wildman–Crippen MR) is 147 cm³/mol. The summed E-state index contributed by atoms with van der Waals surface area (Å²) in [7, 11) is 0. The number of ether oxygens (including phenoxy) is 1. The fraction of sp³-hybridized carbons (Fsp3) is 0.133. The summed E-state index contributed by atoms with van der Waals surface area (Å²) in [6, 6.07) is 32.3. The van der Waals surface area contributed by atoms with Crippen molar-refractivity contribution in [3.63, 3.8) is 0 Å².